The van der Waals surface area contributed by atoms with Gasteiger partial charge in [0.25, 0.3) is 0 Å². The molecule has 1 unspecified atom stereocenters. The van der Waals surface area contributed by atoms with Gasteiger partial charge in [-0.1, -0.05) is 33.1 Å². The van der Waals surface area contributed by atoms with Crippen LogP contribution in [0.5, 0.6) is 0 Å². The summed E-state index contributed by atoms with van der Waals surface area (Å²) in [5.41, 5.74) is 0. The topological polar surface area (TPSA) is 52.6 Å². The molecule has 0 fully saturated rings. The van der Waals surface area contributed by atoms with E-state index in [0.717, 1.165) is 32.1 Å². The molecule has 0 saturated carbocycles. The zero-order valence-electron chi connectivity index (χ0n) is 11.2. The van der Waals surface area contributed by atoms with E-state index in [9.17, 15) is 9.59 Å². The van der Waals surface area contributed by atoms with E-state index in [4.69, 9.17) is 9.47 Å². The molecule has 0 spiro atoms. The van der Waals surface area contributed by atoms with Gasteiger partial charge in [0.15, 0.2) is 0 Å². The maximum absolute atomic E-state index is 11.2. The average molecular weight is 244 g/mol. The minimum atomic E-state index is -0.502. The highest BCUT2D eigenvalue weighted by Gasteiger charge is 2.13. The smallest absolute Gasteiger partial charge is 0.317 e. The van der Waals surface area contributed by atoms with E-state index in [0.29, 0.717) is 6.61 Å². The number of esters is 2. The largest absolute Gasteiger partial charge is 0.465 e. The number of rotatable bonds is 9. The first-order valence-corrected chi connectivity index (χ1v) is 6.45. The molecule has 0 saturated heterocycles. The summed E-state index contributed by atoms with van der Waals surface area (Å²) < 4.78 is 9.91. The quantitative estimate of drug-likeness (QED) is 0.355. The summed E-state index contributed by atoms with van der Waals surface area (Å²) in [7, 11) is 0. The second-order valence-electron chi connectivity index (χ2n) is 4.17. The van der Waals surface area contributed by atoms with Crippen molar-refractivity contribution >= 4 is 11.9 Å². The zero-order valence-corrected chi connectivity index (χ0v) is 11.2. The van der Waals surface area contributed by atoms with Crippen molar-refractivity contribution < 1.29 is 19.1 Å². The molecule has 0 aliphatic carbocycles. The van der Waals surface area contributed by atoms with Crippen molar-refractivity contribution in [3.05, 3.63) is 0 Å². The third-order valence-electron chi connectivity index (χ3n) is 2.46. The Hall–Kier alpha value is -1.06. The van der Waals surface area contributed by atoms with Gasteiger partial charge < -0.3 is 9.47 Å². The van der Waals surface area contributed by atoms with Gasteiger partial charge in [0.2, 0.25) is 0 Å². The Labute approximate surface area is 104 Å². The number of hydrogen-bond acceptors (Lipinski definition) is 4. The summed E-state index contributed by atoms with van der Waals surface area (Å²) in [6, 6.07) is 0. The highest BCUT2D eigenvalue weighted by Crippen LogP contribution is 2.02. The summed E-state index contributed by atoms with van der Waals surface area (Å²) in [5.74, 6) is -0.993. The van der Waals surface area contributed by atoms with Crippen molar-refractivity contribution in [3.63, 3.8) is 0 Å². The lowest BCUT2D eigenvalue weighted by atomic mass is 10.2. The zero-order chi connectivity index (χ0) is 13.1. The Bertz CT molecular complexity index is 225. The summed E-state index contributed by atoms with van der Waals surface area (Å²) in [6.45, 7) is 6.24. The van der Waals surface area contributed by atoms with Crippen LogP contribution < -0.4 is 0 Å². The molecule has 0 heterocycles. The lowest BCUT2D eigenvalue weighted by molar-refractivity contribution is -0.157. The first-order valence-electron chi connectivity index (χ1n) is 6.45. The molecule has 0 N–H and O–H groups in total. The molecule has 0 aromatic heterocycles. The van der Waals surface area contributed by atoms with Crippen LogP contribution >= 0.6 is 0 Å². The van der Waals surface area contributed by atoms with E-state index < -0.39 is 11.9 Å². The van der Waals surface area contributed by atoms with Gasteiger partial charge in [0.1, 0.15) is 6.42 Å². The fraction of sp³-hybridized carbons (Fsp3) is 0.846. The minimum absolute atomic E-state index is 0.139. The van der Waals surface area contributed by atoms with E-state index in [1.54, 1.807) is 6.92 Å². The van der Waals surface area contributed by atoms with Crippen LogP contribution in [-0.2, 0) is 19.1 Å². The Morgan fingerprint density at radius 2 is 1.76 bits per heavy atom. The highest BCUT2D eigenvalue weighted by molar-refractivity contribution is 5.91. The molecule has 4 heteroatoms. The monoisotopic (exact) mass is 244 g/mol. The molecule has 0 aliphatic rings. The van der Waals surface area contributed by atoms with Crippen LogP contribution in [0.3, 0.4) is 0 Å². The van der Waals surface area contributed by atoms with Crippen molar-refractivity contribution in [3.8, 4) is 0 Å². The number of hydrogen-bond donors (Lipinski definition) is 0. The van der Waals surface area contributed by atoms with Crippen LogP contribution in [0.25, 0.3) is 0 Å². The van der Waals surface area contributed by atoms with Gasteiger partial charge in [-0.15, -0.1) is 0 Å². The Kier molecular flexibility index (Phi) is 9.49. The Morgan fingerprint density at radius 3 is 2.35 bits per heavy atom. The summed E-state index contributed by atoms with van der Waals surface area (Å²) >= 11 is 0. The van der Waals surface area contributed by atoms with E-state index in [-0.39, 0.29) is 12.5 Å². The fourth-order valence-corrected chi connectivity index (χ4v) is 1.23. The summed E-state index contributed by atoms with van der Waals surface area (Å²) in [4.78, 5) is 22.5. The van der Waals surface area contributed by atoms with Crippen molar-refractivity contribution in [2.75, 3.05) is 6.61 Å². The molecule has 0 rings (SSSR count). The Balaban J connectivity index is 3.54. The summed E-state index contributed by atoms with van der Waals surface area (Å²) in [6.07, 6.45) is 4.54. The lowest BCUT2D eigenvalue weighted by Gasteiger charge is -2.10. The molecule has 0 aromatic rings. The second kappa shape index (κ2) is 10.1. The van der Waals surface area contributed by atoms with Crippen molar-refractivity contribution in [1.82, 2.24) is 0 Å². The van der Waals surface area contributed by atoms with Crippen molar-refractivity contribution in [1.29, 1.82) is 0 Å². The Morgan fingerprint density at radius 1 is 1.06 bits per heavy atom. The SMILES string of the molecule is CCCCCCOC(=O)CC(=O)OC(C)CC. The predicted octanol–water partition coefficient (Wildman–Crippen LogP) is 2.84. The van der Waals surface area contributed by atoms with Crippen LogP contribution in [-0.4, -0.2) is 24.6 Å². The molecular formula is C13H24O4. The third-order valence-corrected chi connectivity index (χ3v) is 2.46. The molecule has 4 nitrogen and oxygen atoms in total. The van der Waals surface area contributed by atoms with E-state index in [1.807, 2.05) is 6.92 Å². The van der Waals surface area contributed by atoms with Gasteiger partial charge >= 0.3 is 11.9 Å². The first-order chi connectivity index (χ1) is 8.10. The molecule has 17 heavy (non-hydrogen) atoms. The molecule has 0 bridgehead atoms. The molecule has 1 atom stereocenters. The van der Waals surface area contributed by atoms with Crippen LogP contribution in [0, 0.1) is 0 Å². The molecule has 0 aliphatic heterocycles. The molecule has 0 radical (unpaired) electrons. The predicted molar refractivity (Wildman–Crippen MR) is 65.6 cm³/mol. The van der Waals surface area contributed by atoms with Crippen LogP contribution in [0.4, 0.5) is 0 Å². The van der Waals surface area contributed by atoms with E-state index >= 15 is 0 Å². The highest BCUT2D eigenvalue weighted by atomic mass is 16.6. The molecule has 0 amide bonds. The van der Waals surface area contributed by atoms with Crippen molar-refractivity contribution in [2.45, 2.75) is 65.4 Å². The number of carbonyl (C=O) groups excluding carboxylic acids is 2. The normalized spacial score (nSPS) is 11.9. The van der Waals surface area contributed by atoms with E-state index in [2.05, 4.69) is 6.92 Å². The van der Waals surface area contributed by atoms with Gasteiger partial charge in [-0.25, -0.2) is 0 Å². The summed E-state index contributed by atoms with van der Waals surface area (Å²) in [5, 5.41) is 0. The lowest BCUT2D eigenvalue weighted by Crippen LogP contribution is -2.18. The standard InChI is InChI=1S/C13H24O4/c1-4-6-7-8-9-16-12(14)10-13(15)17-11(3)5-2/h11H,4-10H2,1-3H3. The van der Waals surface area contributed by atoms with Gasteiger partial charge in [0.05, 0.1) is 12.7 Å². The molecule has 0 aromatic carbocycles. The average Bonchev–Trinajstić information content (AvgIpc) is 2.28. The van der Waals surface area contributed by atoms with Crippen LogP contribution in [0.1, 0.15) is 59.3 Å². The maximum Gasteiger partial charge on any atom is 0.317 e. The van der Waals surface area contributed by atoms with Gasteiger partial charge in [0, 0.05) is 0 Å². The fourth-order valence-electron chi connectivity index (χ4n) is 1.23. The van der Waals surface area contributed by atoms with Gasteiger partial charge in [-0.2, -0.15) is 0 Å². The number of unbranched alkanes of at least 4 members (excludes halogenated alkanes) is 3. The van der Waals surface area contributed by atoms with E-state index in [1.165, 1.54) is 0 Å². The van der Waals surface area contributed by atoms with Crippen LogP contribution in [0.15, 0.2) is 0 Å². The minimum Gasteiger partial charge on any atom is -0.465 e. The third kappa shape index (κ3) is 9.85. The molecular weight excluding hydrogens is 220 g/mol. The maximum atomic E-state index is 11.2. The van der Waals surface area contributed by atoms with Crippen molar-refractivity contribution in [2.24, 2.45) is 0 Å². The number of carbonyl (C=O) groups is 2. The van der Waals surface area contributed by atoms with Gasteiger partial charge in [-0.05, 0) is 19.8 Å². The van der Waals surface area contributed by atoms with Gasteiger partial charge in [-0.3, -0.25) is 9.59 Å². The molecule has 100 valence electrons. The van der Waals surface area contributed by atoms with Crippen LogP contribution in [0.2, 0.25) is 0 Å². The number of ether oxygens (including phenoxy) is 2. The second-order valence-corrected chi connectivity index (χ2v) is 4.17. The first kappa shape index (κ1) is 15.9.